The molecule has 2 N–H and O–H groups in total. The van der Waals surface area contributed by atoms with E-state index in [1.807, 2.05) is 0 Å². The molecule has 5 nitrogen and oxygen atoms in total. The highest BCUT2D eigenvalue weighted by Crippen LogP contribution is 2.34. The van der Waals surface area contributed by atoms with E-state index in [0.717, 1.165) is 0 Å². The summed E-state index contributed by atoms with van der Waals surface area (Å²) in [6, 6.07) is 3.47. The number of methoxy groups -OCH3 is 1. The van der Waals surface area contributed by atoms with E-state index in [4.69, 9.17) is 22.1 Å². The molecule has 0 bridgehead atoms. The quantitative estimate of drug-likeness (QED) is 0.873. The molecule has 0 atom stereocenters. The van der Waals surface area contributed by atoms with Gasteiger partial charge >= 0.3 is 0 Å². The molecule has 2 heterocycles. The van der Waals surface area contributed by atoms with Crippen LogP contribution in [-0.2, 0) is 0 Å². The molecule has 0 radical (unpaired) electrons. The number of amides is 1. The van der Waals surface area contributed by atoms with Gasteiger partial charge in [-0.2, -0.15) is 0 Å². The molecule has 0 aliphatic heterocycles. The fourth-order valence-corrected chi connectivity index (χ4v) is 2.18. The van der Waals surface area contributed by atoms with Crippen LogP contribution in [0, 0.1) is 6.92 Å². The minimum atomic E-state index is -0.633. The van der Waals surface area contributed by atoms with Crippen molar-refractivity contribution in [2.75, 3.05) is 7.11 Å². The first kappa shape index (κ1) is 13.3. The second-order valence-corrected chi connectivity index (χ2v) is 4.28. The van der Waals surface area contributed by atoms with Crippen LogP contribution in [0.5, 0.6) is 5.75 Å². The van der Waals surface area contributed by atoms with Crippen molar-refractivity contribution >= 4 is 17.5 Å². The number of ether oxygens (including phenoxy) is 1. The van der Waals surface area contributed by atoms with E-state index < -0.39 is 5.91 Å². The van der Waals surface area contributed by atoms with Crippen molar-refractivity contribution in [1.82, 2.24) is 9.97 Å². The Kier molecular flexibility index (Phi) is 3.66. The van der Waals surface area contributed by atoms with Crippen LogP contribution in [0.3, 0.4) is 0 Å². The fraction of sp³-hybridized carbons (Fsp3) is 0.154. The van der Waals surface area contributed by atoms with Crippen molar-refractivity contribution in [3.05, 3.63) is 40.9 Å². The molecule has 2 aromatic heterocycles. The third kappa shape index (κ3) is 2.51. The smallest absolute Gasteiger partial charge is 0.252 e. The van der Waals surface area contributed by atoms with Gasteiger partial charge in [-0.1, -0.05) is 11.6 Å². The molecule has 98 valence electrons. The number of nitrogens with two attached hydrogens (primary N) is 1. The highest BCUT2D eigenvalue weighted by atomic mass is 35.5. The lowest BCUT2D eigenvalue weighted by Gasteiger charge is -2.12. The highest BCUT2D eigenvalue weighted by Gasteiger charge is 2.18. The summed E-state index contributed by atoms with van der Waals surface area (Å²) in [6.45, 7) is 1.79. The lowest BCUT2D eigenvalue weighted by molar-refractivity contribution is 0.100. The van der Waals surface area contributed by atoms with Crippen molar-refractivity contribution in [3.63, 3.8) is 0 Å². The monoisotopic (exact) mass is 277 g/mol. The van der Waals surface area contributed by atoms with E-state index >= 15 is 0 Å². The average molecular weight is 278 g/mol. The van der Waals surface area contributed by atoms with Gasteiger partial charge in [0.15, 0.2) is 0 Å². The van der Waals surface area contributed by atoms with Gasteiger partial charge < -0.3 is 10.5 Å². The molecule has 19 heavy (non-hydrogen) atoms. The minimum Gasteiger partial charge on any atom is -0.494 e. The maximum absolute atomic E-state index is 11.6. The maximum Gasteiger partial charge on any atom is 0.252 e. The Hall–Kier alpha value is -2.14. The summed E-state index contributed by atoms with van der Waals surface area (Å²) in [4.78, 5) is 19.6. The number of aryl methyl sites for hydroxylation is 1. The Morgan fingerprint density at radius 3 is 2.79 bits per heavy atom. The van der Waals surface area contributed by atoms with E-state index in [1.54, 1.807) is 31.5 Å². The summed E-state index contributed by atoms with van der Waals surface area (Å²) in [6.07, 6.45) is 3.16. The van der Waals surface area contributed by atoms with E-state index in [9.17, 15) is 4.79 Å². The lowest BCUT2D eigenvalue weighted by atomic mass is 10.0. The van der Waals surface area contributed by atoms with Crippen LogP contribution in [-0.4, -0.2) is 23.0 Å². The molecule has 0 saturated carbocycles. The number of carbonyl (C=O) groups excluding carboxylic acids is 1. The normalized spacial score (nSPS) is 10.3. The molecule has 2 rings (SSSR count). The average Bonchev–Trinajstić information content (AvgIpc) is 2.37. The number of hydrogen-bond donors (Lipinski definition) is 1. The minimum absolute atomic E-state index is 0.0846. The maximum atomic E-state index is 11.6. The topological polar surface area (TPSA) is 78.1 Å². The van der Waals surface area contributed by atoms with Crippen molar-refractivity contribution in [1.29, 1.82) is 0 Å². The van der Waals surface area contributed by atoms with Gasteiger partial charge in [0, 0.05) is 23.0 Å². The number of primary amides is 1. The molecular weight excluding hydrogens is 266 g/mol. The van der Waals surface area contributed by atoms with Crippen molar-refractivity contribution in [3.8, 4) is 16.9 Å². The first-order valence-electron chi connectivity index (χ1n) is 5.50. The number of rotatable bonds is 3. The first-order valence-corrected chi connectivity index (χ1v) is 5.87. The van der Waals surface area contributed by atoms with E-state index in [-0.39, 0.29) is 10.7 Å². The first-order chi connectivity index (χ1) is 9.04. The zero-order valence-electron chi connectivity index (χ0n) is 10.5. The largest absolute Gasteiger partial charge is 0.494 e. The van der Waals surface area contributed by atoms with Crippen LogP contribution in [0.1, 0.15) is 16.1 Å². The van der Waals surface area contributed by atoms with Crippen molar-refractivity contribution in [2.45, 2.75) is 6.92 Å². The lowest BCUT2D eigenvalue weighted by Crippen LogP contribution is -2.14. The molecule has 0 aliphatic rings. The summed E-state index contributed by atoms with van der Waals surface area (Å²) < 4.78 is 5.24. The summed E-state index contributed by atoms with van der Waals surface area (Å²) in [7, 11) is 1.53. The van der Waals surface area contributed by atoms with Crippen LogP contribution in [0.25, 0.3) is 11.1 Å². The standard InChI is InChI=1S/C13H12ClN3O2/c1-7-5-9(11(13(15)18)12(14)17-7)8-3-4-16-6-10(8)19-2/h3-6H,1-2H3,(H2,15,18). The number of pyridine rings is 2. The fourth-order valence-electron chi connectivity index (χ4n) is 1.85. The molecule has 0 aromatic carbocycles. The molecule has 0 unspecified atom stereocenters. The Labute approximate surface area is 115 Å². The van der Waals surface area contributed by atoms with Gasteiger partial charge in [0.05, 0.1) is 18.9 Å². The summed E-state index contributed by atoms with van der Waals surface area (Å²) in [5, 5.41) is 0.0846. The van der Waals surface area contributed by atoms with E-state index in [2.05, 4.69) is 9.97 Å². The molecule has 0 aliphatic carbocycles. The number of halogens is 1. The number of nitrogens with zero attached hydrogens (tertiary/aromatic N) is 2. The molecule has 2 aromatic rings. The van der Waals surface area contributed by atoms with Crippen LogP contribution >= 0.6 is 11.6 Å². The molecule has 0 spiro atoms. The third-order valence-corrected chi connectivity index (χ3v) is 2.92. The summed E-state index contributed by atoms with van der Waals surface area (Å²) >= 11 is 6.01. The van der Waals surface area contributed by atoms with Crippen LogP contribution < -0.4 is 10.5 Å². The predicted molar refractivity (Wildman–Crippen MR) is 72.3 cm³/mol. The van der Waals surface area contributed by atoms with E-state index in [1.165, 1.54) is 7.11 Å². The second kappa shape index (κ2) is 5.24. The van der Waals surface area contributed by atoms with Crippen LogP contribution in [0.4, 0.5) is 0 Å². The second-order valence-electron chi connectivity index (χ2n) is 3.92. The van der Waals surface area contributed by atoms with E-state index in [0.29, 0.717) is 22.6 Å². The van der Waals surface area contributed by atoms with Crippen molar-refractivity contribution < 1.29 is 9.53 Å². The zero-order chi connectivity index (χ0) is 14.0. The number of hydrogen-bond acceptors (Lipinski definition) is 4. The van der Waals surface area contributed by atoms with Gasteiger partial charge in [-0.25, -0.2) is 4.98 Å². The molecule has 0 fully saturated rings. The Morgan fingerprint density at radius 2 is 2.16 bits per heavy atom. The van der Waals surface area contributed by atoms with Gasteiger partial charge in [-0.15, -0.1) is 0 Å². The van der Waals surface area contributed by atoms with Gasteiger partial charge in [-0.3, -0.25) is 9.78 Å². The number of carbonyl (C=O) groups is 1. The Bertz CT molecular complexity index is 644. The molecular formula is C13H12ClN3O2. The van der Waals surface area contributed by atoms with Gasteiger partial charge in [0.2, 0.25) is 0 Å². The third-order valence-electron chi connectivity index (χ3n) is 2.64. The van der Waals surface area contributed by atoms with Crippen LogP contribution in [0.15, 0.2) is 24.5 Å². The van der Waals surface area contributed by atoms with Gasteiger partial charge in [0.1, 0.15) is 10.9 Å². The Morgan fingerprint density at radius 1 is 1.42 bits per heavy atom. The van der Waals surface area contributed by atoms with Gasteiger partial charge in [-0.05, 0) is 19.1 Å². The molecule has 0 saturated heterocycles. The zero-order valence-corrected chi connectivity index (χ0v) is 11.2. The molecule has 6 heteroatoms. The SMILES string of the molecule is COc1cnccc1-c1cc(C)nc(Cl)c1C(N)=O. The summed E-state index contributed by atoms with van der Waals surface area (Å²) in [5.41, 5.74) is 7.52. The number of aromatic nitrogens is 2. The van der Waals surface area contributed by atoms with Gasteiger partial charge in [0.25, 0.3) is 5.91 Å². The van der Waals surface area contributed by atoms with Crippen molar-refractivity contribution in [2.24, 2.45) is 5.73 Å². The van der Waals surface area contributed by atoms with Crippen LogP contribution in [0.2, 0.25) is 5.15 Å². The molecule has 1 amide bonds. The summed E-state index contributed by atoms with van der Waals surface area (Å²) in [5.74, 6) is -0.0990. The predicted octanol–water partition coefficient (Wildman–Crippen LogP) is 2.21. The Balaban J connectivity index is 2.77. The highest BCUT2D eigenvalue weighted by molar-refractivity contribution is 6.33.